The van der Waals surface area contributed by atoms with E-state index < -0.39 is 40.8 Å². The number of carbonyl (C=O) groups is 2. The number of allylic oxidation sites excluding steroid dienone is 1. The van der Waals surface area contributed by atoms with E-state index in [2.05, 4.69) is 0 Å². The highest BCUT2D eigenvalue weighted by atomic mass is 16.7. The van der Waals surface area contributed by atoms with Crippen molar-refractivity contribution in [1.29, 1.82) is 0 Å². The van der Waals surface area contributed by atoms with Crippen LogP contribution in [0.15, 0.2) is 11.6 Å². The number of ketones is 1. The zero-order valence-electron chi connectivity index (χ0n) is 17.8. The molecule has 2 rings (SSSR count). The molecular weight excluding hydrogens is 364 g/mol. The summed E-state index contributed by atoms with van der Waals surface area (Å²) in [6, 6.07) is 0. The monoisotopic (exact) mass is 398 g/mol. The second kappa shape index (κ2) is 8.22. The number of methoxy groups -OCH3 is 1. The molecule has 160 valence electrons. The van der Waals surface area contributed by atoms with Gasteiger partial charge in [-0.1, -0.05) is 25.5 Å². The van der Waals surface area contributed by atoms with Gasteiger partial charge < -0.3 is 24.4 Å². The van der Waals surface area contributed by atoms with Crippen LogP contribution in [0.4, 0.5) is 0 Å². The predicted octanol–water partition coefficient (Wildman–Crippen LogP) is 2.13. The third-order valence-corrected chi connectivity index (χ3v) is 5.86. The van der Waals surface area contributed by atoms with Gasteiger partial charge in [0.1, 0.15) is 17.6 Å². The third-order valence-electron chi connectivity index (χ3n) is 5.86. The Hall–Kier alpha value is -1.28. The molecule has 0 spiro atoms. The van der Waals surface area contributed by atoms with E-state index in [0.717, 1.165) is 5.57 Å². The average molecular weight is 398 g/mol. The zero-order chi connectivity index (χ0) is 21.3. The van der Waals surface area contributed by atoms with Gasteiger partial charge in [0.25, 0.3) is 0 Å². The molecule has 28 heavy (non-hydrogen) atoms. The van der Waals surface area contributed by atoms with Gasteiger partial charge in [-0.2, -0.15) is 0 Å². The molecule has 0 radical (unpaired) electrons. The van der Waals surface area contributed by atoms with E-state index in [4.69, 9.17) is 14.2 Å². The van der Waals surface area contributed by atoms with Crippen LogP contribution in [0.25, 0.3) is 0 Å². The maximum absolute atomic E-state index is 12.9. The lowest BCUT2D eigenvalue weighted by molar-refractivity contribution is -0.203. The van der Waals surface area contributed by atoms with Crippen molar-refractivity contribution in [3.63, 3.8) is 0 Å². The van der Waals surface area contributed by atoms with Crippen molar-refractivity contribution in [2.45, 2.75) is 83.4 Å². The molecule has 2 aliphatic heterocycles. The minimum atomic E-state index is -1.81. The Kier molecular flexibility index (Phi) is 6.76. The molecule has 0 aliphatic carbocycles. The van der Waals surface area contributed by atoms with E-state index in [0.29, 0.717) is 19.3 Å². The van der Waals surface area contributed by atoms with E-state index in [1.54, 1.807) is 19.9 Å². The molecule has 7 heteroatoms. The van der Waals surface area contributed by atoms with Crippen LogP contribution < -0.4 is 0 Å². The number of fused-ring (bicyclic) bond motifs is 2. The van der Waals surface area contributed by atoms with Gasteiger partial charge in [-0.25, -0.2) is 0 Å². The molecule has 2 N–H and O–H groups in total. The number of hydrogen-bond acceptors (Lipinski definition) is 7. The van der Waals surface area contributed by atoms with Gasteiger partial charge in [-0.3, -0.25) is 9.59 Å². The molecule has 2 aliphatic rings. The molecule has 2 bridgehead atoms. The quantitative estimate of drug-likeness (QED) is 0.417. The van der Waals surface area contributed by atoms with Crippen molar-refractivity contribution in [1.82, 2.24) is 0 Å². The number of aliphatic hydroxyl groups is 2. The SMILES string of the molecule is CC[C@@H]1OC(=O)[C@@H](C)C(=O)[C@]2(O)CO[C@](OC)(C[C@H](C)C/C(C)=C\[C@@]1(C)O)C2. The van der Waals surface area contributed by atoms with Crippen LogP contribution in [0.3, 0.4) is 0 Å². The van der Waals surface area contributed by atoms with Crippen LogP contribution in [-0.2, 0) is 23.8 Å². The highest BCUT2D eigenvalue weighted by Crippen LogP contribution is 2.41. The summed E-state index contributed by atoms with van der Waals surface area (Å²) in [5, 5.41) is 21.8. The second-order valence-corrected chi connectivity index (χ2v) is 8.76. The van der Waals surface area contributed by atoms with Gasteiger partial charge in [0.2, 0.25) is 0 Å². The minimum absolute atomic E-state index is 0.0328. The van der Waals surface area contributed by atoms with Gasteiger partial charge in [0.05, 0.1) is 6.61 Å². The number of hydrogen-bond donors (Lipinski definition) is 2. The third kappa shape index (κ3) is 4.64. The Morgan fingerprint density at radius 3 is 2.50 bits per heavy atom. The van der Waals surface area contributed by atoms with Crippen molar-refractivity contribution < 1.29 is 34.0 Å². The van der Waals surface area contributed by atoms with Crippen LogP contribution >= 0.6 is 0 Å². The highest BCUT2D eigenvalue weighted by Gasteiger charge is 2.55. The number of esters is 1. The Balaban J connectivity index is 2.45. The van der Waals surface area contributed by atoms with Crippen LogP contribution in [0, 0.1) is 11.8 Å². The first kappa shape index (κ1) is 23.0. The molecule has 0 aromatic carbocycles. The van der Waals surface area contributed by atoms with Crippen molar-refractivity contribution >= 4 is 11.8 Å². The van der Waals surface area contributed by atoms with Crippen molar-refractivity contribution in [3.8, 4) is 0 Å². The molecule has 1 saturated heterocycles. The van der Waals surface area contributed by atoms with E-state index in [9.17, 15) is 19.8 Å². The van der Waals surface area contributed by atoms with E-state index in [1.807, 2.05) is 13.8 Å². The van der Waals surface area contributed by atoms with Gasteiger partial charge >= 0.3 is 5.97 Å². The summed E-state index contributed by atoms with van der Waals surface area (Å²) in [6.07, 6.45) is 2.42. The molecule has 6 atom stereocenters. The number of rotatable bonds is 2. The van der Waals surface area contributed by atoms with Gasteiger partial charge in [-0.15, -0.1) is 0 Å². The Bertz CT molecular complexity index is 641. The maximum atomic E-state index is 12.9. The molecule has 0 unspecified atom stereocenters. The van der Waals surface area contributed by atoms with E-state index in [1.165, 1.54) is 14.0 Å². The molecule has 0 saturated carbocycles. The fourth-order valence-corrected chi connectivity index (χ4v) is 4.47. The standard InChI is InChI=1S/C21H34O7/c1-7-16-19(5,24)9-13(2)8-14(3)10-21(26-6)11-20(25,12-27-21)17(22)15(4)18(23)28-16/h9,14-16,24-25H,7-8,10-12H2,1-6H3/b13-9-/t14-,15+,16+,19-,20-,21-/m1/s1. The summed E-state index contributed by atoms with van der Waals surface area (Å²) in [6.45, 7) is 8.53. The first-order valence-electron chi connectivity index (χ1n) is 9.95. The summed E-state index contributed by atoms with van der Waals surface area (Å²) < 4.78 is 16.8. The summed E-state index contributed by atoms with van der Waals surface area (Å²) in [5.41, 5.74) is -2.23. The van der Waals surface area contributed by atoms with Crippen LogP contribution in [0.2, 0.25) is 0 Å². The van der Waals surface area contributed by atoms with Crippen molar-refractivity contribution in [2.75, 3.05) is 13.7 Å². The molecule has 1 fully saturated rings. The van der Waals surface area contributed by atoms with Crippen molar-refractivity contribution in [3.05, 3.63) is 11.6 Å². The number of ether oxygens (including phenoxy) is 3. The minimum Gasteiger partial charge on any atom is -0.458 e. The van der Waals surface area contributed by atoms with Gasteiger partial charge in [0, 0.05) is 20.0 Å². The highest BCUT2D eigenvalue weighted by molar-refractivity contribution is 6.03. The fraction of sp³-hybridized carbons (Fsp3) is 0.810. The molecule has 0 aromatic rings. The summed E-state index contributed by atoms with van der Waals surface area (Å²) >= 11 is 0. The van der Waals surface area contributed by atoms with Gasteiger partial charge in [-0.05, 0) is 39.5 Å². The Labute approximate surface area is 167 Å². The average Bonchev–Trinajstić information content (AvgIpc) is 2.94. The number of carbonyl (C=O) groups excluding carboxylic acids is 2. The first-order chi connectivity index (χ1) is 12.9. The van der Waals surface area contributed by atoms with Crippen LogP contribution in [-0.4, -0.2) is 58.8 Å². The predicted molar refractivity (Wildman–Crippen MR) is 102 cm³/mol. The van der Waals surface area contributed by atoms with Crippen LogP contribution in [0.5, 0.6) is 0 Å². The summed E-state index contributed by atoms with van der Waals surface area (Å²) in [5.74, 6) is -3.57. The summed E-state index contributed by atoms with van der Waals surface area (Å²) in [4.78, 5) is 25.5. The van der Waals surface area contributed by atoms with E-state index in [-0.39, 0.29) is 18.9 Å². The number of cyclic esters (lactones) is 1. The lowest BCUT2D eigenvalue weighted by Gasteiger charge is -2.33. The molecule has 2 heterocycles. The maximum Gasteiger partial charge on any atom is 0.316 e. The molecular formula is C21H34O7. The molecule has 7 nitrogen and oxygen atoms in total. The van der Waals surface area contributed by atoms with Gasteiger partial charge in [0.15, 0.2) is 17.2 Å². The fourth-order valence-electron chi connectivity index (χ4n) is 4.47. The molecule has 0 aromatic heterocycles. The topological polar surface area (TPSA) is 102 Å². The first-order valence-corrected chi connectivity index (χ1v) is 9.95. The number of Topliss-reactive ketones (excluding diaryl/α,β-unsaturated/α-hetero) is 1. The van der Waals surface area contributed by atoms with E-state index >= 15 is 0 Å². The Morgan fingerprint density at radius 2 is 1.93 bits per heavy atom. The zero-order valence-corrected chi connectivity index (χ0v) is 17.8. The second-order valence-electron chi connectivity index (χ2n) is 8.76. The lowest BCUT2D eigenvalue weighted by atomic mass is 9.83. The normalized spacial score (nSPS) is 45.1. The van der Waals surface area contributed by atoms with Crippen LogP contribution in [0.1, 0.15) is 60.3 Å². The smallest absolute Gasteiger partial charge is 0.316 e. The van der Waals surface area contributed by atoms with Crippen molar-refractivity contribution in [2.24, 2.45) is 11.8 Å². The largest absolute Gasteiger partial charge is 0.458 e. The summed E-state index contributed by atoms with van der Waals surface area (Å²) in [7, 11) is 1.49. The lowest BCUT2D eigenvalue weighted by Crippen LogP contribution is -2.48. The Morgan fingerprint density at radius 1 is 1.29 bits per heavy atom. The molecule has 0 amide bonds.